The van der Waals surface area contributed by atoms with Crippen LogP contribution in [-0.4, -0.2) is 72.5 Å². The van der Waals surface area contributed by atoms with Gasteiger partial charge in [-0.1, -0.05) is 11.6 Å². The third kappa shape index (κ3) is 6.85. The van der Waals surface area contributed by atoms with Crippen LogP contribution < -0.4 is 16.0 Å². The predicted molar refractivity (Wildman–Crippen MR) is 116 cm³/mol. The van der Waals surface area contributed by atoms with Crippen LogP contribution >= 0.6 is 11.8 Å². The predicted octanol–water partition coefficient (Wildman–Crippen LogP) is 1.25. The average Bonchev–Trinajstić information content (AvgIpc) is 3.41. The Bertz CT molecular complexity index is 646. The van der Waals surface area contributed by atoms with Gasteiger partial charge in [0.15, 0.2) is 0 Å². The molecule has 3 amide bonds. The lowest BCUT2D eigenvalue weighted by molar-refractivity contribution is -0.122. The Balaban J connectivity index is 1.15. The third-order valence-electron chi connectivity index (χ3n) is 6.00. The molecule has 0 aromatic rings. The minimum atomic E-state index is -0.0613. The van der Waals surface area contributed by atoms with Crippen LogP contribution in [-0.2, 0) is 14.4 Å². The number of carbonyl (C=O) groups is 3. The van der Waals surface area contributed by atoms with Crippen molar-refractivity contribution < 1.29 is 14.4 Å². The fourth-order valence-corrected chi connectivity index (χ4v) is 5.96. The number of amides is 3. The zero-order valence-corrected chi connectivity index (χ0v) is 18.6. The number of rotatable bonds is 12. The number of carbonyl (C=O) groups excluding carboxylic acids is 3. The first-order valence-corrected chi connectivity index (χ1v) is 12.1. The van der Waals surface area contributed by atoms with Crippen molar-refractivity contribution in [2.75, 3.05) is 32.4 Å². The number of thioether (sulfide) groups is 1. The Morgan fingerprint density at radius 1 is 1.20 bits per heavy atom. The van der Waals surface area contributed by atoms with Gasteiger partial charge in [0.1, 0.15) is 6.54 Å². The van der Waals surface area contributed by atoms with Crippen molar-refractivity contribution in [1.82, 2.24) is 21.0 Å². The molecular formula is C20H34N6O3S. The summed E-state index contributed by atoms with van der Waals surface area (Å²) in [4.78, 5) is 34.9. The summed E-state index contributed by atoms with van der Waals surface area (Å²) in [6, 6.07) is 0.495. The monoisotopic (exact) mass is 438 g/mol. The number of hydrogen-bond acceptors (Lipinski definition) is 7. The van der Waals surface area contributed by atoms with Crippen molar-refractivity contribution in [1.29, 1.82) is 0 Å². The fraction of sp³-hybridized carbons (Fsp3) is 0.850. The Morgan fingerprint density at radius 2 is 2.03 bits per heavy atom. The molecule has 0 radical (unpaired) electrons. The highest BCUT2D eigenvalue weighted by atomic mass is 32.2. The van der Waals surface area contributed by atoms with Gasteiger partial charge in [-0.05, 0) is 43.8 Å². The van der Waals surface area contributed by atoms with E-state index < -0.39 is 0 Å². The number of likely N-dealkylation sites (N-methyl/N-ethyl adjacent to an activating group) is 1. The molecule has 0 aliphatic carbocycles. The van der Waals surface area contributed by atoms with Crippen LogP contribution in [0.1, 0.15) is 51.4 Å². The summed E-state index contributed by atoms with van der Waals surface area (Å²) < 4.78 is 0. The Labute approximate surface area is 182 Å². The number of fused-ring (bicyclic) bond motifs is 1. The lowest BCUT2D eigenvalue weighted by Crippen LogP contribution is -2.34. The second-order valence-electron chi connectivity index (χ2n) is 8.40. The molecule has 4 unspecified atom stereocenters. The van der Waals surface area contributed by atoms with Crippen molar-refractivity contribution in [2.24, 2.45) is 16.3 Å². The molecule has 3 rings (SSSR count). The first-order chi connectivity index (χ1) is 14.5. The largest absolute Gasteiger partial charge is 0.358 e. The summed E-state index contributed by atoms with van der Waals surface area (Å²) in [5.74, 6) is 1.86. The Morgan fingerprint density at radius 3 is 2.87 bits per heavy atom. The van der Waals surface area contributed by atoms with E-state index in [4.69, 9.17) is 0 Å². The number of nitrogens with zero attached hydrogens (tertiary/aromatic N) is 3. The van der Waals surface area contributed by atoms with Gasteiger partial charge < -0.3 is 16.0 Å². The molecule has 168 valence electrons. The first-order valence-electron chi connectivity index (χ1n) is 11.1. The van der Waals surface area contributed by atoms with E-state index in [1.165, 1.54) is 0 Å². The topological polar surface area (TPSA) is 115 Å². The molecule has 3 aliphatic rings. The van der Waals surface area contributed by atoms with Gasteiger partial charge in [0.2, 0.25) is 17.7 Å². The highest BCUT2D eigenvalue weighted by Gasteiger charge is 2.42. The van der Waals surface area contributed by atoms with Gasteiger partial charge in [-0.2, -0.15) is 16.9 Å². The van der Waals surface area contributed by atoms with E-state index in [9.17, 15) is 14.4 Å². The highest BCUT2D eigenvalue weighted by molar-refractivity contribution is 8.00. The summed E-state index contributed by atoms with van der Waals surface area (Å²) in [7, 11) is 1.61. The van der Waals surface area contributed by atoms with Gasteiger partial charge >= 0.3 is 0 Å². The lowest BCUT2D eigenvalue weighted by atomic mass is 9.97. The van der Waals surface area contributed by atoms with E-state index in [0.29, 0.717) is 43.1 Å². The molecule has 3 aliphatic heterocycles. The van der Waals surface area contributed by atoms with Gasteiger partial charge in [0, 0.05) is 37.7 Å². The summed E-state index contributed by atoms with van der Waals surface area (Å²) in [6.45, 7) is 1.63. The summed E-state index contributed by atoms with van der Waals surface area (Å²) >= 11 is 1.98. The molecule has 0 saturated carbocycles. The van der Waals surface area contributed by atoms with E-state index in [1.54, 1.807) is 12.1 Å². The molecule has 30 heavy (non-hydrogen) atoms. The Kier molecular flexibility index (Phi) is 8.77. The summed E-state index contributed by atoms with van der Waals surface area (Å²) in [6.07, 6.45) is 7.09. The second kappa shape index (κ2) is 11.5. The molecule has 0 bridgehead atoms. The molecule has 0 aromatic carbocycles. The van der Waals surface area contributed by atoms with E-state index in [1.807, 2.05) is 11.8 Å². The SMILES string of the molecule is CNC(=O)CN1CC(CCCCNC(=O)CCCCC2SCC3CC(=O)NC32)N=N1. The van der Waals surface area contributed by atoms with Crippen LogP contribution in [0.15, 0.2) is 10.3 Å². The minimum absolute atomic E-state index is 0.0613. The van der Waals surface area contributed by atoms with Crippen LogP contribution in [0.4, 0.5) is 0 Å². The Hall–Kier alpha value is -1.84. The molecule has 10 heteroatoms. The van der Waals surface area contributed by atoms with Crippen LogP contribution in [0.3, 0.4) is 0 Å². The molecule has 3 N–H and O–H groups in total. The quantitative estimate of drug-likeness (QED) is 0.397. The fourth-order valence-electron chi connectivity index (χ4n) is 4.31. The van der Waals surface area contributed by atoms with Crippen molar-refractivity contribution in [2.45, 2.75) is 68.7 Å². The molecule has 0 aromatic heterocycles. The van der Waals surface area contributed by atoms with Crippen LogP contribution in [0.2, 0.25) is 0 Å². The molecule has 3 heterocycles. The van der Waals surface area contributed by atoms with E-state index in [0.717, 1.165) is 44.3 Å². The standard InChI is InChI=1S/C20H34N6O3S/c1-21-19(29)12-26-11-15(24-25-26)6-4-5-9-22-17(27)8-3-2-7-16-20-14(13-30-16)10-18(28)23-20/h14-16,20H,2-13H2,1H3,(H,21,29)(H,22,27)(H,23,28). The van der Waals surface area contributed by atoms with Crippen LogP contribution in [0, 0.1) is 5.92 Å². The van der Waals surface area contributed by atoms with Crippen LogP contribution in [0.25, 0.3) is 0 Å². The molecule has 4 atom stereocenters. The normalized spacial score (nSPS) is 27.2. The van der Waals surface area contributed by atoms with Gasteiger partial charge in [-0.3, -0.25) is 19.4 Å². The van der Waals surface area contributed by atoms with Gasteiger partial charge in [0.25, 0.3) is 0 Å². The van der Waals surface area contributed by atoms with Crippen molar-refractivity contribution in [3.63, 3.8) is 0 Å². The molecule has 2 saturated heterocycles. The summed E-state index contributed by atoms with van der Waals surface area (Å²) in [5.41, 5.74) is 0. The zero-order valence-electron chi connectivity index (χ0n) is 17.8. The maximum Gasteiger partial charge on any atom is 0.241 e. The molecule has 2 fully saturated rings. The van der Waals surface area contributed by atoms with Gasteiger partial charge in [0.05, 0.1) is 12.6 Å². The van der Waals surface area contributed by atoms with Crippen molar-refractivity contribution >= 4 is 29.5 Å². The average molecular weight is 439 g/mol. The highest BCUT2D eigenvalue weighted by Crippen LogP contribution is 2.39. The number of nitrogens with one attached hydrogen (secondary N) is 3. The second-order valence-corrected chi connectivity index (χ2v) is 9.67. The lowest BCUT2D eigenvalue weighted by Gasteiger charge is -2.17. The zero-order chi connectivity index (χ0) is 21.3. The smallest absolute Gasteiger partial charge is 0.241 e. The number of hydrogen-bond donors (Lipinski definition) is 3. The van der Waals surface area contributed by atoms with E-state index in [-0.39, 0.29) is 30.3 Å². The van der Waals surface area contributed by atoms with Gasteiger partial charge in [-0.25, -0.2) is 0 Å². The maximum absolute atomic E-state index is 12.0. The first kappa shape index (κ1) is 22.8. The molecular weight excluding hydrogens is 404 g/mol. The van der Waals surface area contributed by atoms with E-state index in [2.05, 4.69) is 26.3 Å². The minimum Gasteiger partial charge on any atom is -0.358 e. The van der Waals surface area contributed by atoms with Crippen molar-refractivity contribution in [3.8, 4) is 0 Å². The third-order valence-corrected chi connectivity index (χ3v) is 7.58. The molecule has 9 nitrogen and oxygen atoms in total. The summed E-state index contributed by atoms with van der Waals surface area (Å²) in [5, 5.41) is 19.1. The van der Waals surface area contributed by atoms with E-state index >= 15 is 0 Å². The van der Waals surface area contributed by atoms with Gasteiger partial charge in [-0.15, -0.1) is 0 Å². The molecule has 0 spiro atoms. The maximum atomic E-state index is 12.0. The number of unbranched alkanes of at least 4 members (excludes halogenated alkanes) is 2. The van der Waals surface area contributed by atoms with Crippen LogP contribution in [0.5, 0.6) is 0 Å². The van der Waals surface area contributed by atoms with Crippen molar-refractivity contribution in [3.05, 3.63) is 0 Å².